The smallest absolute Gasteiger partial charge is 0.471 e. The number of rotatable bonds is 8. The quantitative estimate of drug-likeness (QED) is 0.292. The lowest BCUT2D eigenvalue weighted by molar-refractivity contribution is -0.167. The van der Waals surface area contributed by atoms with Crippen LogP contribution < -0.4 is 14.8 Å². The molecular weight excluding hydrogens is 591 g/mol. The van der Waals surface area contributed by atoms with E-state index in [0.717, 1.165) is 0 Å². The summed E-state index contributed by atoms with van der Waals surface area (Å²) in [6, 6.07) is 10.6. The third kappa shape index (κ3) is 9.62. The van der Waals surface area contributed by atoms with Gasteiger partial charge in [-0.25, -0.2) is 9.40 Å². The number of hydrogen-bond acceptors (Lipinski definition) is 6. The van der Waals surface area contributed by atoms with Gasteiger partial charge in [-0.2, -0.15) is 31.4 Å². The van der Waals surface area contributed by atoms with Crippen molar-refractivity contribution in [1.29, 1.82) is 0 Å². The molecule has 0 fully saturated rings. The first-order valence-corrected chi connectivity index (χ1v) is 12.0. The second kappa shape index (κ2) is 14.1. The number of nitrogens with one attached hydrogen (secondary N) is 1. The normalized spacial score (nSPS) is 15.4. The number of methoxy groups -OCH3 is 1. The Hall–Kier alpha value is -3.88. The summed E-state index contributed by atoms with van der Waals surface area (Å²) in [4.78, 5) is 32.9. The summed E-state index contributed by atoms with van der Waals surface area (Å²) >= 11 is 3.99. The molecule has 0 saturated carbocycles. The Morgan fingerprint density at radius 2 is 1.66 bits per heavy atom. The molecular formula is C25H23ClF7N3O5. The molecule has 3 rings (SSSR count). The van der Waals surface area contributed by atoms with Gasteiger partial charge in [0.15, 0.2) is 11.5 Å². The number of amides is 2. The second-order valence-electron chi connectivity index (χ2n) is 8.29. The standard InChI is InChI=1S/C23H23F4N3O4.C2ClF3O/c1-3-15-11-20(31)30(12-14-4-7-17(8-5-14)28-22(32)23(25,26)27)29-21(15)16-6-9-18(33-2)19(10-16)34-13-24;3-1(7)2(4,5)6/h4-10,15H,3,11-13H2,1-2H3,(H,28,32);. The molecule has 8 nitrogen and oxygen atoms in total. The first-order valence-electron chi connectivity index (χ1n) is 11.6. The van der Waals surface area contributed by atoms with Crippen LogP contribution in [0.25, 0.3) is 0 Å². The monoisotopic (exact) mass is 613 g/mol. The minimum Gasteiger partial charge on any atom is -0.493 e. The number of carbonyl (C=O) groups excluding carboxylic acids is 3. The van der Waals surface area contributed by atoms with Crippen molar-refractivity contribution in [1.82, 2.24) is 5.01 Å². The molecule has 0 aromatic heterocycles. The molecule has 1 atom stereocenters. The van der Waals surface area contributed by atoms with Crippen LogP contribution in [0.5, 0.6) is 11.5 Å². The van der Waals surface area contributed by atoms with E-state index in [-0.39, 0.29) is 36.2 Å². The van der Waals surface area contributed by atoms with Gasteiger partial charge in [-0.15, -0.1) is 0 Å². The lowest BCUT2D eigenvalue weighted by Gasteiger charge is -2.29. The summed E-state index contributed by atoms with van der Waals surface area (Å²) in [7, 11) is 1.44. The largest absolute Gasteiger partial charge is 0.493 e. The zero-order valence-corrected chi connectivity index (χ0v) is 22.2. The fourth-order valence-corrected chi connectivity index (χ4v) is 3.51. The van der Waals surface area contributed by atoms with Crippen molar-refractivity contribution in [3.05, 3.63) is 53.6 Å². The fourth-order valence-electron chi connectivity index (χ4n) is 3.51. The third-order valence-electron chi connectivity index (χ3n) is 5.51. The summed E-state index contributed by atoms with van der Waals surface area (Å²) < 4.78 is 92.3. The lowest BCUT2D eigenvalue weighted by atomic mass is 9.89. The number of hydrazone groups is 1. The van der Waals surface area contributed by atoms with Crippen molar-refractivity contribution >= 4 is 40.1 Å². The number of halogens is 8. The van der Waals surface area contributed by atoms with Crippen LogP contribution in [0.2, 0.25) is 0 Å². The molecule has 1 N–H and O–H groups in total. The van der Waals surface area contributed by atoms with Crippen molar-refractivity contribution in [3.63, 3.8) is 0 Å². The highest BCUT2D eigenvalue weighted by Crippen LogP contribution is 2.32. The Morgan fingerprint density at radius 3 is 2.15 bits per heavy atom. The highest BCUT2D eigenvalue weighted by molar-refractivity contribution is 6.64. The maximum atomic E-state index is 12.8. The molecule has 0 radical (unpaired) electrons. The summed E-state index contributed by atoms with van der Waals surface area (Å²) in [5.74, 6) is -1.87. The Kier molecular flexibility index (Phi) is 11.5. The van der Waals surface area contributed by atoms with E-state index in [4.69, 9.17) is 14.3 Å². The van der Waals surface area contributed by atoms with Gasteiger partial charge in [0.2, 0.25) is 12.8 Å². The number of anilines is 1. The molecule has 0 aliphatic carbocycles. The topological polar surface area (TPSA) is 97.3 Å². The molecule has 2 amide bonds. The van der Waals surface area contributed by atoms with Crippen LogP contribution in [0, 0.1) is 5.92 Å². The molecule has 2 aromatic rings. The number of carbonyl (C=O) groups is 3. The van der Waals surface area contributed by atoms with Crippen LogP contribution >= 0.6 is 11.6 Å². The molecule has 1 unspecified atom stereocenters. The lowest BCUT2D eigenvalue weighted by Crippen LogP contribution is -2.36. The van der Waals surface area contributed by atoms with Gasteiger partial charge in [-0.1, -0.05) is 19.1 Å². The maximum absolute atomic E-state index is 12.8. The van der Waals surface area contributed by atoms with Crippen LogP contribution in [-0.2, 0) is 20.9 Å². The minimum atomic E-state index is -4.99. The van der Waals surface area contributed by atoms with Gasteiger partial charge in [-0.05, 0) is 53.9 Å². The number of hydrogen-bond donors (Lipinski definition) is 1. The maximum Gasteiger partial charge on any atom is 0.471 e. The van der Waals surface area contributed by atoms with Crippen LogP contribution in [0.4, 0.5) is 36.4 Å². The molecule has 224 valence electrons. The zero-order valence-electron chi connectivity index (χ0n) is 21.4. The van der Waals surface area contributed by atoms with Gasteiger partial charge in [0, 0.05) is 23.6 Å². The van der Waals surface area contributed by atoms with E-state index in [9.17, 15) is 40.3 Å². The van der Waals surface area contributed by atoms with E-state index in [1.54, 1.807) is 23.5 Å². The van der Waals surface area contributed by atoms with Crippen molar-refractivity contribution in [2.24, 2.45) is 11.0 Å². The number of nitrogens with zero attached hydrogens (tertiary/aromatic N) is 2. The molecule has 1 aliphatic heterocycles. The Bertz CT molecular complexity index is 1270. The van der Waals surface area contributed by atoms with Crippen molar-refractivity contribution in [2.45, 2.75) is 38.7 Å². The first-order chi connectivity index (χ1) is 19.1. The van der Waals surface area contributed by atoms with Crippen molar-refractivity contribution in [3.8, 4) is 11.5 Å². The number of alkyl halides is 7. The van der Waals surface area contributed by atoms with Crippen molar-refractivity contribution in [2.75, 3.05) is 19.3 Å². The number of ether oxygens (including phenoxy) is 2. The zero-order chi connectivity index (χ0) is 31.0. The van der Waals surface area contributed by atoms with Gasteiger partial charge in [-0.3, -0.25) is 14.4 Å². The van der Waals surface area contributed by atoms with Gasteiger partial charge >= 0.3 is 23.5 Å². The predicted octanol–water partition coefficient (Wildman–Crippen LogP) is 5.98. The van der Waals surface area contributed by atoms with Gasteiger partial charge in [0.1, 0.15) is 0 Å². The Labute approximate surface area is 234 Å². The molecule has 0 bridgehead atoms. The van der Waals surface area contributed by atoms with E-state index in [1.807, 2.05) is 6.92 Å². The Balaban J connectivity index is 0.000000745. The fraction of sp³-hybridized carbons (Fsp3) is 0.360. The predicted molar refractivity (Wildman–Crippen MR) is 133 cm³/mol. The summed E-state index contributed by atoms with van der Waals surface area (Å²) in [6.07, 6.45) is -9.00. The highest BCUT2D eigenvalue weighted by atomic mass is 35.5. The van der Waals surface area contributed by atoms with E-state index >= 15 is 0 Å². The number of benzene rings is 2. The molecule has 0 spiro atoms. The van der Waals surface area contributed by atoms with E-state index in [2.05, 4.69) is 16.7 Å². The average Bonchev–Trinajstić information content (AvgIpc) is 2.90. The van der Waals surface area contributed by atoms with Crippen molar-refractivity contribution < 1.29 is 54.6 Å². The van der Waals surface area contributed by atoms with Gasteiger partial charge < -0.3 is 14.8 Å². The second-order valence-corrected chi connectivity index (χ2v) is 8.63. The first kappa shape index (κ1) is 33.3. The van der Waals surface area contributed by atoms with E-state index in [0.29, 0.717) is 29.0 Å². The summed E-state index contributed by atoms with van der Waals surface area (Å²) in [6.45, 7) is 0.976. The van der Waals surface area contributed by atoms with Gasteiger partial charge in [0.25, 0.3) is 0 Å². The molecule has 1 heterocycles. The SMILES string of the molecule is CCC1CC(=O)N(Cc2ccc(NC(=O)C(F)(F)F)cc2)N=C1c1ccc(OC)c(OCF)c1.O=C(Cl)C(F)(F)F. The molecule has 1 aliphatic rings. The van der Waals surface area contributed by atoms with E-state index in [1.165, 1.54) is 36.4 Å². The molecule has 16 heteroatoms. The molecule has 0 saturated heterocycles. The third-order valence-corrected chi connectivity index (χ3v) is 5.73. The highest BCUT2D eigenvalue weighted by Gasteiger charge is 2.39. The van der Waals surface area contributed by atoms with Crippen LogP contribution in [0.3, 0.4) is 0 Å². The average molecular weight is 614 g/mol. The van der Waals surface area contributed by atoms with Crippen LogP contribution in [0.15, 0.2) is 47.6 Å². The summed E-state index contributed by atoms with van der Waals surface area (Å²) in [5, 5.41) is 5.30. The molecule has 41 heavy (non-hydrogen) atoms. The van der Waals surface area contributed by atoms with E-state index < -0.39 is 30.4 Å². The Morgan fingerprint density at radius 1 is 1.05 bits per heavy atom. The van der Waals surface area contributed by atoms with Crippen LogP contribution in [-0.4, -0.2) is 54.1 Å². The van der Waals surface area contributed by atoms with Crippen LogP contribution in [0.1, 0.15) is 30.9 Å². The minimum absolute atomic E-state index is 0.0232. The molecule has 2 aromatic carbocycles. The summed E-state index contributed by atoms with van der Waals surface area (Å²) in [5.41, 5.74) is 1.86. The van der Waals surface area contributed by atoms with Gasteiger partial charge in [0.05, 0.1) is 19.4 Å².